The van der Waals surface area contributed by atoms with Gasteiger partial charge < -0.3 is 39.9 Å². The number of phosphoric ester groups is 1. The van der Waals surface area contributed by atoms with Gasteiger partial charge in [-0.3, -0.25) is 18.6 Å². The van der Waals surface area contributed by atoms with Crippen molar-refractivity contribution in [2.45, 2.75) is 236 Å². The maximum atomic E-state index is 12.8. The molecule has 0 spiro atoms. The Morgan fingerprint density at radius 2 is 0.902 bits per heavy atom. The van der Waals surface area contributed by atoms with Crippen LogP contribution in [-0.4, -0.2) is 98.3 Å². The van der Waals surface area contributed by atoms with E-state index < -0.39 is 75.7 Å². The highest BCUT2D eigenvalue weighted by molar-refractivity contribution is 7.47. The van der Waals surface area contributed by atoms with Gasteiger partial charge in [0, 0.05) is 12.8 Å². The van der Waals surface area contributed by atoms with Gasteiger partial charge in [0.25, 0.3) is 0 Å². The van der Waals surface area contributed by atoms with Gasteiger partial charge in [0.15, 0.2) is 6.10 Å². The second-order valence-electron chi connectivity index (χ2n) is 16.6. The van der Waals surface area contributed by atoms with Crippen molar-refractivity contribution < 1.29 is 63.1 Å². The van der Waals surface area contributed by atoms with Gasteiger partial charge in [-0.05, 0) is 44.9 Å². The van der Waals surface area contributed by atoms with Crippen LogP contribution in [0.3, 0.4) is 0 Å². The van der Waals surface area contributed by atoms with Crippen LogP contribution in [0.25, 0.3) is 0 Å². The Labute approximate surface area is 368 Å². The molecule has 356 valence electrons. The number of phosphoric acid groups is 1. The zero-order valence-corrected chi connectivity index (χ0v) is 38.6. The quantitative estimate of drug-likeness (QED) is 0.0147. The molecule has 6 N–H and O–H groups in total. The maximum absolute atomic E-state index is 12.8. The monoisotopic (exact) mass is 889 g/mol. The Bertz CT molecular complexity index is 1210. The van der Waals surface area contributed by atoms with Crippen molar-refractivity contribution >= 4 is 19.8 Å². The summed E-state index contributed by atoms with van der Waals surface area (Å²) in [6.45, 7) is 3.26. The summed E-state index contributed by atoms with van der Waals surface area (Å²) in [5, 5.41) is 50.1. The van der Waals surface area contributed by atoms with Crippen molar-refractivity contribution in [2.75, 3.05) is 13.2 Å². The molecule has 0 aromatic carbocycles. The van der Waals surface area contributed by atoms with E-state index in [2.05, 4.69) is 38.2 Å². The fourth-order valence-corrected chi connectivity index (χ4v) is 8.10. The van der Waals surface area contributed by atoms with Gasteiger partial charge in [-0.1, -0.05) is 172 Å². The molecule has 0 heterocycles. The molecule has 1 rings (SSSR count). The van der Waals surface area contributed by atoms with Crippen LogP contribution >= 0.6 is 7.82 Å². The number of carbonyl (C=O) groups excluding carboxylic acids is 2. The summed E-state index contributed by atoms with van der Waals surface area (Å²) in [5.74, 6) is -1.15. The number of rotatable bonds is 39. The van der Waals surface area contributed by atoms with E-state index in [1.54, 1.807) is 0 Å². The number of esters is 2. The average Bonchev–Trinajstić information content (AvgIpc) is 3.24. The van der Waals surface area contributed by atoms with E-state index in [0.29, 0.717) is 19.3 Å². The summed E-state index contributed by atoms with van der Waals surface area (Å²) >= 11 is 0. The van der Waals surface area contributed by atoms with Crippen LogP contribution in [0.1, 0.15) is 194 Å². The van der Waals surface area contributed by atoms with E-state index in [4.69, 9.17) is 18.5 Å². The Balaban J connectivity index is 2.49. The van der Waals surface area contributed by atoms with Crippen LogP contribution in [0.4, 0.5) is 0 Å². The molecule has 61 heavy (non-hydrogen) atoms. The van der Waals surface area contributed by atoms with Gasteiger partial charge in [-0.15, -0.1) is 0 Å². The summed E-state index contributed by atoms with van der Waals surface area (Å²) in [7, 11) is -5.13. The molecule has 0 bridgehead atoms. The second-order valence-corrected chi connectivity index (χ2v) is 18.0. The zero-order valence-electron chi connectivity index (χ0n) is 37.7. The normalized spacial score (nSPS) is 22.3. The molecule has 0 saturated heterocycles. The van der Waals surface area contributed by atoms with Crippen LogP contribution < -0.4 is 0 Å². The van der Waals surface area contributed by atoms with Crippen molar-refractivity contribution in [2.24, 2.45) is 0 Å². The summed E-state index contributed by atoms with van der Waals surface area (Å²) in [6.07, 6.45) is 29.2. The lowest BCUT2D eigenvalue weighted by atomic mass is 9.85. The Hall–Kier alpha value is -1.93. The fraction of sp³-hybridized carbons (Fsp3) is 0.830. The highest BCUT2D eigenvalue weighted by atomic mass is 31.2. The van der Waals surface area contributed by atoms with E-state index in [9.17, 15) is 44.6 Å². The van der Waals surface area contributed by atoms with Crippen molar-refractivity contribution in [3.63, 3.8) is 0 Å². The summed E-state index contributed by atoms with van der Waals surface area (Å²) in [5.41, 5.74) is 0. The SMILES string of the molecule is CCCCCCCC/C=C/C/C=C/C/C=C/CCCC(=O)O[C@H](COC(=O)CCCCCCCCCCCCCCCCC)COP(=O)(O)OC1C(O)C(O)C(O)[C@H](O)C1O. The second kappa shape index (κ2) is 37.4. The number of carbonyl (C=O) groups is 2. The standard InChI is InChI=1S/C47H85O13P/c1-3-5-7-9-11-13-15-17-19-20-22-24-26-28-30-32-34-36-41(49)59-39(38-58-61(55,56)60-47-45(53)43(51)42(50)44(52)46(47)54)37-57-40(48)35-33-31-29-27-25-23-21-18-16-14-12-10-8-6-4-2/h17,19,22,24,28,30,39,42-47,50-54H,3-16,18,20-21,23,25-27,29,31-38H2,1-2H3,(H,55,56)/b19-17+,24-22+,30-28+/t39-,42?,43+,44?,45?,46?,47?/m1/s1. The Morgan fingerprint density at radius 1 is 0.508 bits per heavy atom. The van der Waals surface area contributed by atoms with E-state index in [1.165, 1.54) is 109 Å². The van der Waals surface area contributed by atoms with E-state index in [0.717, 1.165) is 38.5 Å². The van der Waals surface area contributed by atoms with Gasteiger partial charge in [-0.25, -0.2) is 4.57 Å². The first-order valence-electron chi connectivity index (χ1n) is 23.8. The third-order valence-corrected chi connectivity index (χ3v) is 12.0. The lowest BCUT2D eigenvalue weighted by molar-refractivity contribution is -0.220. The number of ether oxygens (including phenoxy) is 2. The number of hydrogen-bond donors (Lipinski definition) is 6. The highest BCUT2D eigenvalue weighted by Gasteiger charge is 2.51. The molecule has 8 atom stereocenters. The van der Waals surface area contributed by atoms with E-state index in [1.807, 2.05) is 12.2 Å². The summed E-state index contributed by atoms with van der Waals surface area (Å²) in [6, 6.07) is 0. The Kier molecular flexibility index (Phi) is 35.0. The van der Waals surface area contributed by atoms with Crippen LogP contribution in [0.2, 0.25) is 0 Å². The van der Waals surface area contributed by atoms with Gasteiger partial charge in [0.1, 0.15) is 43.2 Å². The van der Waals surface area contributed by atoms with Crippen molar-refractivity contribution in [3.8, 4) is 0 Å². The van der Waals surface area contributed by atoms with Crippen LogP contribution in [0.5, 0.6) is 0 Å². The summed E-state index contributed by atoms with van der Waals surface area (Å²) in [4.78, 5) is 35.7. The molecule has 0 amide bonds. The van der Waals surface area contributed by atoms with Gasteiger partial charge in [0.05, 0.1) is 6.61 Å². The van der Waals surface area contributed by atoms with Gasteiger partial charge in [0.2, 0.25) is 0 Å². The van der Waals surface area contributed by atoms with Crippen molar-refractivity contribution in [1.29, 1.82) is 0 Å². The molecule has 0 radical (unpaired) electrons. The molecular weight excluding hydrogens is 803 g/mol. The van der Waals surface area contributed by atoms with E-state index in [-0.39, 0.29) is 12.8 Å². The maximum Gasteiger partial charge on any atom is 0.472 e. The number of unbranched alkanes of at least 4 members (excludes halogenated alkanes) is 21. The first kappa shape index (κ1) is 57.1. The largest absolute Gasteiger partial charge is 0.472 e. The Morgan fingerprint density at radius 3 is 1.39 bits per heavy atom. The number of aliphatic hydroxyl groups excluding tert-OH is 5. The molecule has 13 nitrogen and oxygen atoms in total. The van der Waals surface area contributed by atoms with Crippen LogP contribution in [-0.2, 0) is 32.7 Å². The minimum absolute atomic E-state index is 0.0268. The minimum Gasteiger partial charge on any atom is -0.462 e. The van der Waals surface area contributed by atoms with E-state index >= 15 is 0 Å². The first-order valence-corrected chi connectivity index (χ1v) is 25.3. The lowest BCUT2D eigenvalue weighted by Gasteiger charge is -2.41. The highest BCUT2D eigenvalue weighted by Crippen LogP contribution is 2.47. The number of aliphatic hydroxyl groups is 5. The molecule has 14 heteroatoms. The van der Waals surface area contributed by atoms with Gasteiger partial charge >= 0.3 is 19.8 Å². The lowest BCUT2D eigenvalue weighted by Crippen LogP contribution is -2.64. The smallest absolute Gasteiger partial charge is 0.462 e. The molecular formula is C47H85O13P. The topological polar surface area (TPSA) is 210 Å². The average molecular weight is 889 g/mol. The third-order valence-electron chi connectivity index (χ3n) is 11.0. The van der Waals surface area contributed by atoms with Crippen molar-refractivity contribution in [3.05, 3.63) is 36.5 Å². The predicted molar refractivity (Wildman–Crippen MR) is 240 cm³/mol. The van der Waals surface area contributed by atoms with Crippen LogP contribution in [0.15, 0.2) is 36.5 Å². The molecule has 0 aliphatic heterocycles. The molecule has 1 fully saturated rings. The third kappa shape index (κ3) is 30.0. The van der Waals surface area contributed by atoms with Gasteiger partial charge in [-0.2, -0.15) is 0 Å². The fourth-order valence-electron chi connectivity index (χ4n) is 7.13. The number of allylic oxidation sites excluding steroid dienone is 6. The molecule has 1 aliphatic carbocycles. The predicted octanol–water partition coefficient (Wildman–Crippen LogP) is 9.39. The van der Waals surface area contributed by atoms with Crippen molar-refractivity contribution in [1.82, 2.24) is 0 Å². The first-order chi connectivity index (χ1) is 29.4. The minimum atomic E-state index is -5.13. The molecule has 0 aromatic rings. The molecule has 0 aromatic heterocycles. The molecule has 1 saturated carbocycles. The zero-order chi connectivity index (χ0) is 45.0. The van der Waals surface area contributed by atoms with Crippen LogP contribution in [0, 0.1) is 0 Å². The molecule has 6 unspecified atom stereocenters. The molecule has 1 aliphatic rings. The number of hydrogen-bond acceptors (Lipinski definition) is 12. The summed E-state index contributed by atoms with van der Waals surface area (Å²) < 4.78 is 33.5.